The third-order valence-electron chi connectivity index (χ3n) is 5.20. The van der Waals surface area contributed by atoms with E-state index < -0.39 is 11.8 Å². The lowest BCUT2D eigenvalue weighted by molar-refractivity contribution is 0.0989. The van der Waals surface area contributed by atoms with Crippen LogP contribution in [-0.4, -0.2) is 54.4 Å². The Labute approximate surface area is 198 Å². The standard InChI is InChI=1S/C14H19N7O.C8H13N3O/c1-20-9-10(7-17-20)18-14-12(13(15)22)16-8-11(19-14)21-5-3-2-4-6-21;1-8(2,3)11-5-6(4-10-11)7(9)12/h7-9H,2-6H2,1H3,(H2,15,22)(H,18,19);4-5H,1-3H3,(H2,9,12). The molecule has 0 unspecified atom stereocenters. The first-order chi connectivity index (χ1) is 16.0. The molecule has 1 aliphatic heterocycles. The zero-order valence-corrected chi connectivity index (χ0v) is 20.0. The van der Waals surface area contributed by atoms with Gasteiger partial charge in [0.15, 0.2) is 11.5 Å². The van der Waals surface area contributed by atoms with E-state index in [4.69, 9.17) is 11.5 Å². The molecule has 5 N–H and O–H groups in total. The van der Waals surface area contributed by atoms with Crippen LogP contribution in [0.1, 0.15) is 60.9 Å². The summed E-state index contributed by atoms with van der Waals surface area (Å²) in [7, 11) is 1.82. The van der Waals surface area contributed by atoms with Crippen LogP contribution in [-0.2, 0) is 12.6 Å². The predicted molar refractivity (Wildman–Crippen MR) is 129 cm³/mol. The minimum atomic E-state index is -0.607. The van der Waals surface area contributed by atoms with Crippen molar-refractivity contribution < 1.29 is 9.59 Å². The zero-order chi connectivity index (χ0) is 24.9. The molecule has 3 aromatic rings. The SMILES string of the molecule is CC(C)(C)n1cc(C(N)=O)cn1.Cn1cc(Nc2nc(N3CCCCC3)cnc2C(N)=O)cn1. The van der Waals surface area contributed by atoms with Gasteiger partial charge in [-0.25, -0.2) is 9.97 Å². The van der Waals surface area contributed by atoms with Crippen molar-refractivity contribution in [3.8, 4) is 0 Å². The van der Waals surface area contributed by atoms with E-state index in [-0.39, 0.29) is 11.2 Å². The van der Waals surface area contributed by atoms with Crippen LogP contribution < -0.4 is 21.7 Å². The number of aromatic nitrogens is 6. The fourth-order valence-corrected chi connectivity index (χ4v) is 3.36. The van der Waals surface area contributed by atoms with Crippen LogP contribution in [0.15, 0.2) is 31.0 Å². The number of nitrogens with one attached hydrogen (secondary N) is 1. The lowest BCUT2D eigenvalue weighted by atomic mass is 10.1. The summed E-state index contributed by atoms with van der Waals surface area (Å²) in [5.74, 6) is 0.0780. The van der Waals surface area contributed by atoms with Crippen molar-refractivity contribution in [2.24, 2.45) is 18.5 Å². The molecule has 0 spiro atoms. The number of carbonyl (C=O) groups is 2. The van der Waals surface area contributed by atoms with Crippen molar-refractivity contribution in [1.29, 1.82) is 0 Å². The van der Waals surface area contributed by atoms with Crippen LogP contribution in [0.5, 0.6) is 0 Å². The highest BCUT2D eigenvalue weighted by Crippen LogP contribution is 2.22. The average molecular weight is 469 g/mol. The van der Waals surface area contributed by atoms with E-state index in [1.807, 2.05) is 27.8 Å². The fraction of sp³-hybridized carbons (Fsp3) is 0.455. The molecule has 0 aromatic carbocycles. The van der Waals surface area contributed by atoms with Gasteiger partial charge in [0.1, 0.15) is 5.82 Å². The number of anilines is 3. The molecule has 0 radical (unpaired) electrons. The van der Waals surface area contributed by atoms with Crippen molar-refractivity contribution in [3.63, 3.8) is 0 Å². The molecule has 0 atom stereocenters. The van der Waals surface area contributed by atoms with Gasteiger partial charge in [-0.2, -0.15) is 10.2 Å². The Hall–Kier alpha value is -3.96. The van der Waals surface area contributed by atoms with Crippen molar-refractivity contribution in [1.82, 2.24) is 29.5 Å². The van der Waals surface area contributed by atoms with E-state index in [9.17, 15) is 9.59 Å². The third-order valence-corrected chi connectivity index (χ3v) is 5.20. The molecule has 1 saturated heterocycles. The first-order valence-corrected chi connectivity index (χ1v) is 11.1. The maximum atomic E-state index is 11.6. The van der Waals surface area contributed by atoms with Crippen LogP contribution in [0.3, 0.4) is 0 Å². The van der Waals surface area contributed by atoms with Crippen LogP contribution >= 0.6 is 0 Å². The van der Waals surface area contributed by atoms with E-state index in [1.54, 1.807) is 34.2 Å². The average Bonchev–Trinajstić information content (AvgIpc) is 3.44. The van der Waals surface area contributed by atoms with Gasteiger partial charge in [0.25, 0.3) is 11.8 Å². The summed E-state index contributed by atoms with van der Waals surface area (Å²) in [5.41, 5.74) is 11.7. The van der Waals surface area contributed by atoms with Gasteiger partial charge in [0, 0.05) is 32.5 Å². The molecule has 2 amide bonds. The molecule has 0 saturated carbocycles. The molecular weight excluding hydrogens is 436 g/mol. The largest absolute Gasteiger partial charge is 0.366 e. The maximum Gasteiger partial charge on any atom is 0.271 e. The van der Waals surface area contributed by atoms with E-state index in [0.29, 0.717) is 11.4 Å². The second-order valence-electron chi connectivity index (χ2n) is 9.07. The Morgan fingerprint density at radius 2 is 1.68 bits per heavy atom. The van der Waals surface area contributed by atoms with E-state index in [0.717, 1.165) is 37.4 Å². The molecule has 3 aromatic heterocycles. The Balaban J connectivity index is 0.000000229. The van der Waals surface area contributed by atoms with Gasteiger partial charge in [-0.3, -0.25) is 19.0 Å². The number of primary amides is 2. The fourth-order valence-electron chi connectivity index (χ4n) is 3.36. The minimum Gasteiger partial charge on any atom is -0.366 e. The van der Waals surface area contributed by atoms with E-state index in [2.05, 4.69) is 30.4 Å². The third kappa shape index (κ3) is 6.30. The molecule has 12 nitrogen and oxygen atoms in total. The number of hydrogen-bond donors (Lipinski definition) is 3. The summed E-state index contributed by atoms with van der Waals surface area (Å²) in [6.45, 7) is 7.92. The molecule has 4 heterocycles. The molecule has 182 valence electrons. The maximum absolute atomic E-state index is 11.6. The highest BCUT2D eigenvalue weighted by Gasteiger charge is 2.18. The van der Waals surface area contributed by atoms with Gasteiger partial charge >= 0.3 is 0 Å². The van der Waals surface area contributed by atoms with E-state index in [1.165, 1.54) is 12.6 Å². The number of piperidine rings is 1. The molecular formula is C22H32N10O2. The number of nitrogens with zero attached hydrogens (tertiary/aromatic N) is 7. The Morgan fingerprint density at radius 3 is 2.18 bits per heavy atom. The Morgan fingerprint density at radius 1 is 0.971 bits per heavy atom. The molecule has 12 heteroatoms. The second kappa shape index (κ2) is 10.3. The lowest BCUT2D eigenvalue weighted by Crippen LogP contribution is -2.30. The summed E-state index contributed by atoms with van der Waals surface area (Å²) < 4.78 is 3.38. The summed E-state index contributed by atoms with van der Waals surface area (Å²) in [6, 6.07) is 0. The minimum absolute atomic E-state index is 0.103. The monoisotopic (exact) mass is 468 g/mol. The van der Waals surface area contributed by atoms with Crippen molar-refractivity contribution >= 4 is 29.1 Å². The topological polar surface area (TPSA) is 163 Å². The van der Waals surface area contributed by atoms with Gasteiger partial charge in [-0.15, -0.1) is 0 Å². The summed E-state index contributed by atoms with van der Waals surface area (Å²) in [4.78, 5) is 33.2. The van der Waals surface area contributed by atoms with Crippen molar-refractivity contribution in [2.75, 3.05) is 23.3 Å². The van der Waals surface area contributed by atoms with Gasteiger partial charge in [0.05, 0.1) is 35.4 Å². The van der Waals surface area contributed by atoms with Crippen LogP contribution in [0, 0.1) is 0 Å². The van der Waals surface area contributed by atoms with Gasteiger partial charge in [-0.05, 0) is 40.0 Å². The van der Waals surface area contributed by atoms with Crippen LogP contribution in [0.25, 0.3) is 0 Å². The van der Waals surface area contributed by atoms with Gasteiger partial charge < -0.3 is 21.7 Å². The Kier molecular flexibility index (Phi) is 7.49. The lowest BCUT2D eigenvalue weighted by Gasteiger charge is -2.27. The number of hydrogen-bond acceptors (Lipinski definition) is 8. The molecule has 34 heavy (non-hydrogen) atoms. The molecule has 1 fully saturated rings. The highest BCUT2D eigenvalue weighted by atomic mass is 16.1. The smallest absolute Gasteiger partial charge is 0.271 e. The number of rotatable bonds is 5. The van der Waals surface area contributed by atoms with Crippen LogP contribution in [0.2, 0.25) is 0 Å². The zero-order valence-electron chi connectivity index (χ0n) is 20.0. The predicted octanol–water partition coefficient (Wildman–Crippen LogP) is 1.78. The number of carbonyl (C=O) groups excluding carboxylic acids is 2. The first kappa shape index (κ1) is 24.7. The highest BCUT2D eigenvalue weighted by molar-refractivity contribution is 5.96. The molecule has 0 bridgehead atoms. The second-order valence-corrected chi connectivity index (χ2v) is 9.07. The van der Waals surface area contributed by atoms with Crippen molar-refractivity contribution in [3.05, 3.63) is 42.2 Å². The molecule has 0 aliphatic carbocycles. The number of aryl methyl sites for hydroxylation is 1. The quantitative estimate of drug-likeness (QED) is 0.510. The Bertz CT molecular complexity index is 1140. The normalized spacial score (nSPS) is 13.7. The number of nitrogens with two attached hydrogens (primary N) is 2. The van der Waals surface area contributed by atoms with Crippen LogP contribution in [0.4, 0.5) is 17.3 Å². The van der Waals surface area contributed by atoms with Crippen molar-refractivity contribution in [2.45, 2.75) is 45.6 Å². The molecule has 1 aliphatic rings. The molecule has 4 rings (SSSR count). The van der Waals surface area contributed by atoms with E-state index >= 15 is 0 Å². The van der Waals surface area contributed by atoms with Gasteiger partial charge in [0.2, 0.25) is 0 Å². The summed E-state index contributed by atoms with van der Waals surface area (Å²) in [5, 5.41) is 11.2. The van der Waals surface area contributed by atoms with Gasteiger partial charge in [-0.1, -0.05) is 0 Å². The summed E-state index contributed by atoms with van der Waals surface area (Å²) in [6.07, 6.45) is 11.7. The number of amides is 2. The summed E-state index contributed by atoms with van der Waals surface area (Å²) >= 11 is 0. The first-order valence-electron chi connectivity index (χ1n) is 11.1.